The van der Waals surface area contributed by atoms with Crippen molar-refractivity contribution in [3.05, 3.63) is 28.2 Å². The van der Waals surface area contributed by atoms with Crippen LogP contribution in [0.4, 0.5) is 5.69 Å². The summed E-state index contributed by atoms with van der Waals surface area (Å²) in [6.45, 7) is 7.72. The Labute approximate surface area is 119 Å². The van der Waals surface area contributed by atoms with E-state index in [0.29, 0.717) is 11.6 Å². The number of unbranched alkanes of at least 4 members (excludes halogenated alkanes) is 1. The number of nitrogens with zero attached hydrogens (tertiary/aromatic N) is 1. The van der Waals surface area contributed by atoms with Gasteiger partial charge in [0.1, 0.15) is 6.29 Å². The van der Waals surface area contributed by atoms with Gasteiger partial charge < -0.3 is 4.90 Å². The highest BCUT2D eigenvalue weighted by atomic mass is 79.9. The molecule has 0 spiro atoms. The maximum atomic E-state index is 10.8. The highest BCUT2D eigenvalue weighted by Gasteiger charge is 2.15. The molecule has 0 amide bonds. The van der Waals surface area contributed by atoms with Gasteiger partial charge in [-0.2, -0.15) is 0 Å². The van der Waals surface area contributed by atoms with Crippen LogP contribution in [-0.4, -0.2) is 18.9 Å². The van der Waals surface area contributed by atoms with E-state index in [1.54, 1.807) is 0 Å². The molecule has 18 heavy (non-hydrogen) atoms. The summed E-state index contributed by atoms with van der Waals surface area (Å²) < 4.78 is 1.00. The van der Waals surface area contributed by atoms with Crippen LogP contribution >= 0.6 is 15.9 Å². The molecule has 0 heterocycles. The van der Waals surface area contributed by atoms with Crippen molar-refractivity contribution in [1.82, 2.24) is 0 Å². The fraction of sp³-hybridized carbons (Fsp3) is 0.533. The lowest BCUT2D eigenvalue weighted by atomic mass is 10.1. The number of anilines is 1. The zero-order valence-electron chi connectivity index (χ0n) is 11.4. The van der Waals surface area contributed by atoms with E-state index in [1.165, 1.54) is 18.5 Å². The third-order valence-electron chi connectivity index (χ3n) is 3.29. The molecule has 100 valence electrons. The molecule has 0 aliphatic rings. The predicted octanol–water partition coefficient (Wildman–Crippen LogP) is 4.67. The van der Waals surface area contributed by atoms with Crippen LogP contribution in [0.25, 0.3) is 0 Å². The normalized spacial score (nSPS) is 12.2. The third-order valence-corrected chi connectivity index (χ3v) is 3.93. The Bertz CT molecular complexity index is 392. The summed E-state index contributed by atoms with van der Waals surface area (Å²) in [7, 11) is 0. The molecular weight excluding hydrogens is 290 g/mol. The van der Waals surface area contributed by atoms with Crippen LogP contribution in [0.1, 0.15) is 50.4 Å². The molecule has 3 heteroatoms. The van der Waals surface area contributed by atoms with Crippen molar-refractivity contribution in [2.75, 3.05) is 11.4 Å². The van der Waals surface area contributed by atoms with Crippen LogP contribution in [0.2, 0.25) is 0 Å². The van der Waals surface area contributed by atoms with Crippen molar-refractivity contribution in [2.45, 2.75) is 46.1 Å². The zero-order chi connectivity index (χ0) is 13.5. The number of hydrogen-bond donors (Lipinski definition) is 0. The van der Waals surface area contributed by atoms with E-state index in [0.717, 1.165) is 23.7 Å². The lowest BCUT2D eigenvalue weighted by Crippen LogP contribution is -2.33. The summed E-state index contributed by atoms with van der Waals surface area (Å²) in [5.41, 5.74) is 1.90. The van der Waals surface area contributed by atoms with Gasteiger partial charge in [-0.15, -0.1) is 0 Å². The van der Waals surface area contributed by atoms with Gasteiger partial charge in [-0.3, -0.25) is 4.79 Å². The first-order chi connectivity index (χ1) is 8.63. The van der Waals surface area contributed by atoms with Crippen molar-refractivity contribution in [3.63, 3.8) is 0 Å². The minimum Gasteiger partial charge on any atom is -0.368 e. The Hall–Kier alpha value is -0.830. The van der Waals surface area contributed by atoms with Gasteiger partial charge in [-0.1, -0.05) is 20.3 Å². The predicted molar refractivity (Wildman–Crippen MR) is 81.5 cm³/mol. The van der Waals surface area contributed by atoms with Gasteiger partial charge >= 0.3 is 0 Å². The molecule has 1 unspecified atom stereocenters. The van der Waals surface area contributed by atoms with Gasteiger partial charge in [0.2, 0.25) is 0 Å². The number of rotatable bonds is 7. The van der Waals surface area contributed by atoms with Crippen molar-refractivity contribution in [2.24, 2.45) is 0 Å². The van der Waals surface area contributed by atoms with E-state index in [1.807, 2.05) is 18.2 Å². The first-order valence-electron chi connectivity index (χ1n) is 6.65. The Morgan fingerprint density at radius 1 is 1.39 bits per heavy atom. The van der Waals surface area contributed by atoms with Gasteiger partial charge in [0, 0.05) is 22.6 Å². The zero-order valence-corrected chi connectivity index (χ0v) is 13.0. The fourth-order valence-electron chi connectivity index (χ4n) is 1.96. The standard InChI is InChI=1S/C15H22BrNO/c1-4-6-9-17(12(3)5-2)15-8-7-13(11-18)10-14(15)16/h7-8,10-12H,4-6,9H2,1-3H3. The monoisotopic (exact) mass is 311 g/mol. The molecule has 1 rings (SSSR count). The molecule has 1 aromatic carbocycles. The van der Waals surface area contributed by atoms with Gasteiger partial charge in [-0.25, -0.2) is 0 Å². The highest BCUT2D eigenvalue weighted by Crippen LogP contribution is 2.29. The number of halogens is 1. The maximum Gasteiger partial charge on any atom is 0.150 e. The number of carbonyl (C=O) groups is 1. The molecule has 0 aliphatic carbocycles. The average Bonchev–Trinajstić information content (AvgIpc) is 2.39. The molecule has 0 aromatic heterocycles. The largest absolute Gasteiger partial charge is 0.368 e. The fourth-order valence-corrected chi connectivity index (χ4v) is 2.58. The minimum atomic E-state index is 0.509. The number of carbonyl (C=O) groups excluding carboxylic acids is 1. The van der Waals surface area contributed by atoms with Crippen LogP contribution in [0, 0.1) is 0 Å². The molecule has 0 saturated heterocycles. The third kappa shape index (κ3) is 3.84. The number of benzene rings is 1. The second-order valence-electron chi connectivity index (χ2n) is 4.63. The molecule has 0 saturated carbocycles. The Morgan fingerprint density at radius 2 is 2.11 bits per heavy atom. The van der Waals surface area contributed by atoms with Crippen LogP contribution in [-0.2, 0) is 0 Å². The van der Waals surface area contributed by atoms with Crippen molar-refractivity contribution in [1.29, 1.82) is 0 Å². The van der Waals surface area contributed by atoms with E-state index in [2.05, 4.69) is 41.6 Å². The smallest absolute Gasteiger partial charge is 0.150 e. The lowest BCUT2D eigenvalue weighted by molar-refractivity contribution is 0.112. The molecule has 1 aromatic rings. The van der Waals surface area contributed by atoms with Crippen LogP contribution in [0.15, 0.2) is 22.7 Å². The van der Waals surface area contributed by atoms with Crippen molar-refractivity contribution in [3.8, 4) is 0 Å². The second kappa shape index (κ2) is 7.57. The Morgan fingerprint density at radius 3 is 2.61 bits per heavy atom. The average molecular weight is 312 g/mol. The van der Waals surface area contributed by atoms with Gasteiger partial charge in [0.25, 0.3) is 0 Å². The second-order valence-corrected chi connectivity index (χ2v) is 5.49. The van der Waals surface area contributed by atoms with Crippen LogP contribution < -0.4 is 4.90 Å². The molecular formula is C15H22BrNO. The molecule has 2 nitrogen and oxygen atoms in total. The quantitative estimate of drug-likeness (QED) is 0.682. The summed E-state index contributed by atoms with van der Waals surface area (Å²) >= 11 is 3.58. The van der Waals surface area contributed by atoms with E-state index < -0.39 is 0 Å². The van der Waals surface area contributed by atoms with Gasteiger partial charge in [0.15, 0.2) is 0 Å². The van der Waals surface area contributed by atoms with E-state index >= 15 is 0 Å². The summed E-state index contributed by atoms with van der Waals surface area (Å²) in [5.74, 6) is 0. The molecule has 0 N–H and O–H groups in total. The Balaban J connectivity index is 3.00. The molecule has 0 radical (unpaired) electrons. The highest BCUT2D eigenvalue weighted by molar-refractivity contribution is 9.10. The van der Waals surface area contributed by atoms with Gasteiger partial charge in [0.05, 0.1) is 5.69 Å². The minimum absolute atomic E-state index is 0.509. The number of hydrogen-bond acceptors (Lipinski definition) is 2. The van der Waals surface area contributed by atoms with Crippen LogP contribution in [0.3, 0.4) is 0 Å². The topological polar surface area (TPSA) is 20.3 Å². The molecule has 1 atom stereocenters. The van der Waals surface area contributed by atoms with E-state index in [-0.39, 0.29) is 0 Å². The maximum absolute atomic E-state index is 10.8. The SMILES string of the molecule is CCCCN(c1ccc(C=O)cc1Br)C(C)CC. The molecule has 0 aliphatic heterocycles. The summed E-state index contributed by atoms with van der Waals surface area (Å²) in [6.07, 6.45) is 4.38. The summed E-state index contributed by atoms with van der Waals surface area (Å²) in [4.78, 5) is 13.2. The Kier molecular flexibility index (Phi) is 6.41. The van der Waals surface area contributed by atoms with Crippen LogP contribution in [0.5, 0.6) is 0 Å². The molecule has 0 fully saturated rings. The van der Waals surface area contributed by atoms with E-state index in [9.17, 15) is 4.79 Å². The summed E-state index contributed by atoms with van der Waals surface area (Å²) in [5, 5.41) is 0. The van der Waals surface area contributed by atoms with Crippen molar-refractivity contribution >= 4 is 27.9 Å². The van der Waals surface area contributed by atoms with Gasteiger partial charge in [-0.05, 0) is 53.9 Å². The molecule has 0 bridgehead atoms. The summed E-state index contributed by atoms with van der Waals surface area (Å²) in [6, 6.07) is 6.32. The first-order valence-corrected chi connectivity index (χ1v) is 7.44. The number of aldehydes is 1. The van der Waals surface area contributed by atoms with Crippen molar-refractivity contribution < 1.29 is 4.79 Å². The lowest BCUT2D eigenvalue weighted by Gasteiger charge is -2.31. The van der Waals surface area contributed by atoms with E-state index in [4.69, 9.17) is 0 Å². The first kappa shape index (κ1) is 15.2.